The van der Waals surface area contributed by atoms with E-state index < -0.39 is 10.0 Å². The summed E-state index contributed by atoms with van der Waals surface area (Å²) < 4.78 is 26.2. The molecule has 0 aliphatic carbocycles. The smallest absolute Gasteiger partial charge is 0.207 e. The molecule has 0 atom stereocenters. The number of nitrogens with zero attached hydrogens (tertiary/aromatic N) is 2. The van der Waals surface area contributed by atoms with Crippen molar-refractivity contribution in [2.45, 2.75) is 11.3 Å². The average molecular weight is 306 g/mol. The van der Waals surface area contributed by atoms with E-state index in [1.165, 1.54) is 23.5 Å². The fourth-order valence-corrected chi connectivity index (χ4v) is 3.80. The Bertz CT molecular complexity index is 716. The first-order valence-corrected chi connectivity index (χ1v) is 8.35. The van der Waals surface area contributed by atoms with E-state index in [9.17, 15) is 8.42 Å². The number of likely N-dealkylation sites (N-methyl/N-ethyl adjacent to an activating group) is 1. The fraction of sp³-hybridized carbons (Fsp3) is 0.214. The molecule has 0 aliphatic rings. The lowest BCUT2D eigenvalue weighted by Crippen LogP contribution is -2.29. The zero-order valence-corrected chi connectivity index (χ0v) is 12.6. The molecular weight excluding hydrogens is 292 g/mol. The molecule has 4 nitrogen and oxygen atoms in total. The molecular formula is C14H14N2O2S2. The van der Waals surface area contributed by atoms with Crippen LogP contribution in [0, 0.1) is 11.3 Å². The normalized spacial score (nSPS) is 11.4. The van der Waals surface area contributed by atoms with Crippen LogP contribution in [0.4, 0.5) is 0 Å². The third kappa shape index (κ3) is 3.07. The average Bonchev–Trinajstić information content (AvgIpc) is 2.97. The summed E-state index contributed by atoms with van der Waals surface area (Å²) in [5.41, 5.74) is 0.176. The molecule has 0 saturated heterocycles. The van der Waals surface area contributed by atoms with Gasteiger partial charge in [0.25, 0.3) is 0 Å². The number of sulfonamides is 1. The Kier molecular flexibility index (Phi) is 4.55. The molecule has 0 aliphatic heterocycles. The van der Waals surface area contributed by atoms with Gasteiger partial charge in [0.15, 0.2) is 0 Å². The molecule has 1 aromatic heterocycles. The van der Waals surface area contributed by atoms with Crippen molar-refractivity contribution in [1.82, 2.24) is 4.31 Å². The fourth-order valence-electron chi connectivity index (χ4n) is 1.79. The second-order valence-electron chi connectivity index (χ2n) is 4.26. The molecule has 0 spiro atoms. The van der Waals surface area contributed by atoms with Gasteiger partial charge in [-0.1, -0.05) is 18.2 Å². The van der Waals surface area contributed by atoms with E-state index in [4.69, 9.17) is 5.26 Å². The third-order valence-electron chi connectivity index (χ3n) is 2.95. The van der Waals surface area contributed by atoms with E-state index in [0.29, 0.717) is 13.0 Å². The van der Waals surface area contributed by atoms with Gasteiger partial charge in [0.2, 0.25) is 10.0 Å². The maximum absolute atomic E-state index is 12.4. The highest BCUT2D eigenvalue weighted by atomic mass is 32.2. The number of hydrogen-bond donors (Lipinski definition) is 0. The zero-order chi connectivity index (χ0) is 14.6. The number of nitriles is 1. The topological polar surface area (TPSA) is 61.2 Å². The Hall–Kier alpha value is -1.68. The molecule has 2 rings (SSSR count). The SMILES string of the molecule is CN(CCc1cccs1)S(=O)(=O)c1ccccc1C#N. The van der Waals surface area contributed by atoms with E-state index in [2.05, 4.69) is 0 Å². The molecule has 1 aromatic carbocycles. The van der Waals surface area contributed by atoms with Crippen LogP contribution in [-0.2, 0) is 16.4 Å². The quantitative estimate of drug-likeness (QED) is 0.852. The lowest BCUT2D eigenvalue weighted by Gasteiger charge is -2.17. The van der Waals surface area contributed by atoms with Gasteiger partial charge in [0.05, 0.1) is 10.5 Å². The highest BCUT2D eigenvalue weighted by molar-refractivity contribution is 7.89. The molecule has 0 radical (unpaired) electrons. The van der Waals surface area contributed by atoms with Gasteiger partial charge >= 0.3 is 0 Å². The second-order valence-corrected chi connectivity index (χ2v) is 7.31. The number of hydrogen-bond acceptors (Lipinski definition) is 4. The number of benzene rings is 1. The first-order valence-electron chi connectivity index (χ1n) is 6.03. The molecule has 0 amide bonds. The van der Waals surface area contributed by atoms with Gasteiger partial charge in [-0.3, -0.25) is 0 Å². The van der Waals surface area contributed by atoms with Gasteiger partial charge in [-0.25, -0.2) is 12.7 Å². The van der Waals surface area contributed by atoms with E-state index in [1.807, 2.05) is 23.6 Å². The Balaban J connectivity index is 2.19. The molecule has 6 heteroatoms. The summed E-state index contributed by atoms with van der Waals surface area (Å²) in [6.45, 7) is 0.391. The molecule has 2 aromatic rings. The standard InChI is InChI=1S/C14H14N2O2S2/c1-16(9-8-13-6-4-10-19-13)20(17,18)14-7-3-2-5-12(14)11-15/h2-7,10H,8-9H2,1H3. The monoisotopic (exact) mass is 306 g/mol. The van der Waals surface area contributed by atoms with Crippen molar-refractivity contribution in [3.63, 3.8) is 0 Å². The minimum Gasteiger partial charge on any atom is -0.207 e. The molecule has 0 unspecified atom stereocenters. The summed E-state index contributed by atoms with van der Waals surface area (Å²) in [7, 11) is -2.08. The molecule has 0 bridgehead atoms. The minimum atomic E-state index is -3.62. The van der Waals surface area contributed by atoms with Gasteiger partial charge in [-0.2, -0.15) is 5.26 Å². The van der Waals surface area contributed by atoms with Crippen molar-refractivity contribution in [3.8, 4) is 6.07 Å². The maximum atomic E-state index is 12.4. The van der Waals surface area contributed by atoms with Crippen LogP contribution in [0.25, 0.3) is 0 Å². The predicted molar refractivity (Wildman–Crippen MR) is 79.0 cm³/mol. The lowest BCUT2D eigenvalue weighted by molar-refractivity contribution is 0.473. The zero-order valence-electron chi connectivity index (χ0n) is 11.0. The summed E-state index contributed by atoms with van der Waals surface area (Å²) >= 11 is 1.61. The summed E-state index contributed by atoms with van der Waals surface area (Å²) in [4.78, 5) is 1.21. The Morgan fingerprint density at radius 1 is 1.25 bits per heavy atom. The molecule has 104 valence electrons. The van der Waals surface area contributed by atoms with Crippen LogP contribution < -0.4 is 0 Å². The largest absolute Gasteiger partial charge is 0.244 e. The van der Waals surface area contributed by atoms with Crippen LogP contribution in [0.15, 0.2) is 46.7 Å². The predicted octanol–water partition coefficient (Wildman–Crippen LogP) is 2.48. The minimum absolute atomic E-state index is 0.0659. The molecule has 20 heavy (non-hydrogen) atoms. The highest BCUT2D eigenvalue weighted by Gasteiger charge is 2.23. The third-order valence-corrected chi connectivity index (χ3v) is 5.80. The van der Waals surface area contributed by atoms with Crippen LogP contribution in [0.2, 0.25) is 0 Å². The van der Waals surface area contributed by atoms with Crippen LogP contribution in [0.5, 0.6) is 0 Å². The van der Waals surface area contributed by atoms with Crippen molar-refractivity contribution >= 4 is 21.4 Å². The lowest BCUT2D eigenvalue weighted by atomic mass is 10.2. The second kappa shape index (κ2) is 6.18. The van der Waals surface area contributed by atoms with Crippen LogP contribution in [0.1, 0.15) is 10.4 Å². The van der Waals surface area contributed by atoms with Gasteiger partial charge < -0.3 is 0 Å². The van der Waals surface area contributed by atoms with Crippen LogP contribution >= 0.6 is 11.3 Å². The highest BCUT2D eigenvalue weighted by Crippen LogP contribution is 2.19. The van der Waals surface area contributed by atoms with Crippen molar-refractivity contribution < 1.29 is 8.42 Å². The Morgan fingerprint density at radius 3 is 2.65 bits per heavy atom. The molecule has 0 N–H and O–H groups in total. The van der Waals surface area contributed by atoms with Crippen LogP contribution in [-0.4, -0.2) is 26.3 Å². The molecule has 1 heterocycles. The summed E-state index contributed by atoms with van der Waals surface area (Å²) in [5.74, 6) is 0. The van der Waals surface area contributed by atoms with Crippen molar-refractivity contribution in [2.24, 2.45) is 0 Å². The van der Waals surface area contributed by atoms with Crippen molar-refractivity contribution in [3.05, 3.63) is 52.2 Å². The van der Waals surface area contributed by atoms with E-state index >= 15 is 0 Å². The van der Waals surface area contributed by atoms with E-state index in [-0.39, 0.29) is 10.5 Å². The van der Waals surface area contributed by atoms with Gasteiger partial charge in [-0.05, 0) is 30.0 Å². The number of rotatable bonds is 5. The van der Waals surface area contributed by atoms with Crippen LogP contribution in [0.3, 0.4) is 0 Å². The van der Waals surface area contributed by atoms with E-state index in [1.54, 1.807) is 23.5 Å². The van der Waals surface area contributed by atoms with Gasteiger partial charge in [-0.15, -0.1) is 11.3 Å². The number of thiophene rings is 1. The molecule has 0 saturated carbocycles. The van der Waals surface area contributed by atoms with E-state index in [0.717, 1.165) is 4.88 Å². The van der Waals surface area contributed by atoms with Gasteiger partial charge in [0.1, 0.15) is 6.07 Å². The maximum Gasteiger partial charge on any atom is 0.244 e. The Morgan fingerprint density at radius 2 is 2.00 bits per heavy atom. The Labute approximate surface area is 123 Å². The summed E-state index contributed by atoms with van der Waals surface area (Å²) in [5, 5.41) is 11.0. The summed E-state index contributed by atoms with van der Waals surface area (Å²) in [6.07, 6.45) is 0.669. The van der Waals surface area contributed by atoms with Crippen molar-refractivity contribution in [1.29, 1.82) is 5.26 Å². The first-order chi connectivity index (χ1) is 9.55. The summed E-state index contributed by atoms with van der Waals surface area (Å²) in [6, 6.07) is 12.1. The van der Waals surface area contributed by atoms with Crippen molar-refractivity contribution in [2.75, 3.05) is 13.6 Å². The molecule has 0 fully saturated rings. The first kappa shape index (κ1) is 14.7. The van der Waals surface area contributed by atoms with Gasteiger partial charge in [0, 0.05) is 18.5 Å².